The largest absolute Gasteiger partial charge is 0.409 e. The van der Waals surface area contributed by atoms with Gasteiger partial charge in [-0.15, -0.1) is 0 Å². The van der Waals surface area contributed by atoms with Crippen LogP contribution in [0.3, 0.4) is 0 Å². The number of amidine groups is 1. The van der Waals surface area contributed by atoms with E-state index < -0.39 is 0 Å². The van der Waals surface area contributed by atoms with E-state index in [1.165, 1.54) is 10.5 Å². The maximum atomic E-state index is 11.8. The molecular weight excluding hydrogens is 230 g/mol. The fourth-order valence-electron chi connectivity index (χ4n) is 1.67. The van der Waals surface area contributed by atoms with Crippen LogP contribution in [0, 0.1) is 6.92 Å². The number of carbonyl (C=O) groups is 1. The van der Waals surface area contributed by atoms with E-state index in [9.17, 15) is 4.79 Å². The van der Waals surface area contributed by atoms with Crippen LogP contribution in [0.15, 0.2) is 29.4 Å². The number of hydrogen-bond donors (Lipinski definition) is 2. The third kappa shape index (κ3) is 4.45. The number of carbonyl (C=O) groups excluding carboxylic acids is 1. The van der Waals surface area contributed by atoms with Crippen LogP contribution >= 0.6 is 0 Å². The summed E-state index contributed by atoms with van der Waals surface area (Å²) in [6, 6.07) is 8.08. The van der Waals surface area contributed by atoms with Crippen molar-refractivity contribution in [2.75, 3.05) is 13.6 Å². The molecular formula is C13H19N3O2. The maximum absolute atomic E-state index is 11.8. The van der Waals surface area contributed by atoms with Gasteiger partial charge in [-0.25, -0.2) is 0 Å². The minimum absolute atomic E-state index is 0.0249. The lowest BCUT2D eigenvalue weighted by Crippen LogP contribution is -2.35. The van der Waals surface area contributed by atoms with Crippen molar-refractivity contribution in [1.29, 1.82) is 0 Å². The Morgan fingerprint density at radius 1 is 1.50 bits per heavy atom. The normalized spacial score (nSPS) is 11.3. The van der Waals surface area contributed by atoms with E-state index in [1.54, 1.807) is 7.05 Å². The van der Waals surface area contributed by atoms with Crippen LogP contribution in [0.2, 0.25) is 0 Å². The summed E-state index contributed by atoms with van der Waals surface area (Å²) < 4.78 is 0. The van der Waals surface area contributed by atoms with Crippen LogP contribution in [0.1, 0.15) is 17.5 Å². The summed E-state index contributed by atoms with van der Waals surface area (Å²) in [4.78, 5) is 13.2. The molecule has 0 spiro atoms. The molecule has 0 aliphatic rings. The predicted molar refractivity (Wildman–Crippen MR) is 70.5 cm³/mol. The molecule has 5 heteroatoms. The first-order valence-electron chi connectivity index (χ1n) is 5.79. The van der Waals surface area contributed by atoms with Gasteiger partial charge in [0.25, 0.3) is 0 Å². The fraction of sp³-hybridized carbons (Fsp3) is 0.385. The summed E-state index contributed by atoms with van der Waals surface area (Å²) in [6.07, 6.45) is 1.11. The van der Waals surface area contributed by atoms with Gasteiger partial charge in [-0.2, -0.15) is 0 Å². The van der Waals surface area contributed by atoms with Crippen molar-refractivity contribution in [3.8, 4) is 0 Å². The van der Waals surface area contributed by atoms with Gasteiger partial charge in [0.15, 0.2) is 5.84 Å². The zero-order valence-electron chi connectivity index (χ0n) is 10.8. The molecule has 0 aliphatic heterocycles. The van der Waals surface area contributed by atoms with Crippen LogP contribution in [0.25, 0.3) is 0 Å². The smallest absolute Gasteiger partial charge is 0.223 e. The molecule has 0 fully saturated rings. The van der Waals surface area contributed by atoms with E-state index in [2.05, 4.69) is 11.2 Å². The zero-order chi connectivity index (χ0) is 13.5. The lowest BCUT2D eigenvalue weighted by molar-refractivity contribution is -0.129. The zero-order valence-corrected chi connectivity index (χ0v) is 10.8. The van der Waals surface area contributed by atoms with Gasteiger partial charge in [0, 0.05) is 13.5 Å². The Labute approximate surface area is 107 Å². The van der Waals surface area contributed by atoms with Crippen molar-refractivity contribution < 1.29 is 10.0 Å². The van der Waals surface area contributed by atoms with E-state index in [-0.39, 0.29) is 18.3 Å². The highest BCUT2D eigenvalue weighted by atomic mass is 16.4. The number of benzene rings is 1. The Morgan fingerprint density at radius 2 is 2.22 bits per heavy atom. The molecule has 1 rings (SSSR count). The summed E-state index contributed by atoms with van der Waals surface area (Å²) >= 11 is 0. The van der Waals surface area contributed by atoms with Gasteiger partial charge in [0.05, 0.1) is 6.54 Å². The highest BCUT2D eigenvalue weighted by Gasteiger charge is 2.10. The molecule has 3 N–H and O–H groups in total. The number of amides is 1. The quantitative estimate of drug-likeness (QED) is 0.355. The third-order valence-corrected chi connectivity index (χ3v) is 2.66. The summed E-state index contributed by atoms with van der Waals surface area (Å²) in [5, 5.41) is 11.3. The predicted octanol–water partition coefficient (Wildman–Crippen LogP) is 1.13. The van der Waals surface area contributed by atoms with E-state index in [0.717, 1.165) is 5.56 Å². The maximum Gasteiger partial charge on any atom is 0.223 e. The number of nitrogens with zero attached hydrogens (tertiary/aromatic N) is 2. The molecule has 0 atom stereocenters. The van der Waals surface area contributed by atoms with Gasteiger partial charge in [0.2, 0.25) is 5.91 Å². The summed E-state index contributed by atoms with van der Waals surface area (Å²) in [7, 11) is 1.64. The second-order valence-electron chi connectivity index (χ2n) is 4.33. The minimum Gasteiger partial charge on any atom is -0.409 e. The van der Waals surface area contributed by atoms with E-state index >= 15 is 0 Å². The average molecular weight is 249 g/mol. The van der Waals surface area contributed by atoms with Crippen molar-refractivity contribution in [2.45, 2.75) is 19.8 Å². The SMILES string of the molecule is Cc1cccc(CCC(=O)N(C)CC(N)=NO)c1. The Morgan fingerprint density at radius 3 is 2.83 bits per heavy atom. The molecule has 0 aliphatic carbocycles. The Bertz CT molecular complexity index is 444. The minimum atomic E-state index is -0.0249. The highest BCUT2D eigenvalue weighted by Crippen LogP contribution is 2.07. The number of oxime groups is 1. The number of hydrogen-bond acceptors (Lipinski definition) is 3. The standard InChI is InChI=1S/C13H19N3O2/c1-10-4-3-5-11(8-10)6-7-13(17)16(2)9-12(14)15-18/h3-5,8,18H,6-7,9H2,1-2H3,(H2,14,15). The van der Waals surface area contributed by atoms with E-state index in [1.807, 2.05) is 25.1 Å². The molecule has 1 amide bonds. The first kappa shape index (κ1) is 14.0. The van der Waals surface area contributed by atoms with Crippen molar-refractivity contribution >= 4 is 11.7 Å². The molecule has 5 nitrogen and oxygen atoms in total. The molecule has 98 valence electrons. The van der Waals surface area contributed by atoms with E-state index in [4.69, 9.17) is 10.9 Å². The second-order valence-corrected chi connectivity index (χ2v) is 4.33. The van der Waals surface area contributed by atoms with Gasteiger partial charge in [-0.3, -0.25) is 4.79 Å². The highest BCUT2D eigenvalue weighted by molar-refractivity contribution is 5.86. The lowest BCUT2D eigenvalue weighted by atomic mass is 10.1. The average Bonchev–Trinajstić information content (AvgIpc) is 2.35. The van der Waals surface area contributed by atoms with Gasteiger partial charge < -0.3 is 15.8 Å². The molecule has 0 radical (unpaired) electrons. The van der Waals surface area contributed by atoms with Gasteiger partial charge in [-0.05, 0) is 18.9 Å². The fourth-order valence-corrected chi connectivity index (χ4v) is 1.67. The van der Waals surface area contributed by atoms with Crippen LogP contribution in [-0.4, -0.2) is 35.4 Å². The molecule has 18 heavy (non-hydrogen) atoms. The Kier molecular flexibility index (Phi) is 5.17. The topological polar surface area (TPSA) is 78.9 Å². The van der Waals surface area contributed by atoms with Crippen LogP contribution in [-0.2, 0) is 11.2 Å². The number of rotatable bonds is 5. The van der Waals surface area contributed by atoms with Gasteiger partial charge in [-0.1, -0.05) is 35.0 Å². The molecule has 0 saturated carbocycles. The Hall–Kier alpha value is -2.04. The molecule has 0 heterocycles. The van der Waals surface area contributed by atoms with E-state index in [0.29, 0.717) is 12.8 Å². The lowest BCUT2D eigenvalue weighted by Gasteiger charge is -2.16. The third-order valence-electron chi connectivity index (χ3n) is 2.66. The van der Waals surface area contributed by atoms with Crippen molar-refractivity contribution in [3.63, 3.8) is 0 Å². The van der Waals surface area contributed by atoms with Crippen molar-refractivity contribution in [3.05, 3.63) is 35.4 Å². The van der Waals surface area contributed by atoms with Crippen LogP contribution in [0.4, 0.5) is 0 Å². The number of likely N-dealkylation sites (N-methyl/N-ethyl adjacent to an activating group) is 1. The number of nitrogens with two attached hydrogens (primary N) is 1. The monoisotopic (exact) mass is 249 g/mol. The Balaban J connectivity index is 2.46. The molecule has 0 aromatic heterocycles. The molecule has 0 unspecified atom stereocenters. The summed E-state index contributed by atoms with van der Waals surface area (Å²) in [5.41, 5.74) is 7.67. The van der Waals surface area contributed by atoms with Gasteiger partial charge in [0.1, 0.15) is 0 Å². The molecule has 1 aromatic rings. The van der Waals surface area contributed by atoms with Crippen molar-refractivity contribution in [2.24, 2.45) is 10.9 Å². The van der Waals surface area contributed by atoms with Crippen molar-refractivity contribution in [1.82, 2.24) is 4.90 Å². The summed E-state index contributed by atoms with van der Waals surface area (Å²) in [5.74, 6) is 0.00418. The molecule has 1 aromatic carbocycles. The summed E-state index contributed by atoms with van der Waals surface area (Å²) in [6.45, 7) is 2.17. The molecule has 0 bridgehead atoms. The number of aryl methyl sites for hydroxylation is 2. The molecule has 0 saturated heterocycles. The second kappa shape index (κ2) is 6.64. The van der Waals surface area contributed by atoms with Gasteiger partial charge >= 0.3 is 0 Å². The van der Waals surface area contributed by atoms with Crippen LogP contribution in [0.5, 0.6) is 0 Å². The first-order valence-corrected chi connectivity index (χ1v) is 5.79. The van der Waals surface area contributed by atoms with Crippen LogP contribution < -0.4 is 5.73 Å². The first-order chi connectivity index (χ1) is 8.52.